The highest BCUT2D eigenvalue weighted by Crippen LogP contribution is 2.28. The molecular weight excluding hydrogens is 254 g/mol. The van der Waals surface area contributed by atoms with E-state index in [0.29, 0.717) is 17.9 Å². The first-order valence-corrected chi connectivity index (χ1v) is 6.48. The van der Waals surface area contributed by atoms with Gasteiger partial charge in [0.05, 0.1) is 6.61 Å². The first kappa shape index (κ1) is 13.9. The SMILES string of the molecule is CCOc1ccccc1C(Nc1ccccc1)C(=O)O. The van der Waals surface area contributed by atoms with Gasteiger partial charge in [0.2, 0.25) is 0 Å². The molecule has 2 aromatic rings. The number of hydrogen-bond donors (Lipinski definition) is 2. The monoisotopic (exact) mass is 271 g/mol. The predicted molar refractivity (Wildman–Crippen MR) is 78.1 cm³/mol. The Labute approximate surface area is 118 Å². The normalized spacial score (nSPS) is 11.7. The summed E-state index contributed by atoms with van der Waals surface area (Å²) < 4.78 is 5.50. The lowest BCUT2D eigenvalue weighted by atomic mass is 10.1. The fourth-order valence-corrected chi connectivity index (χ4v) is 1.98. The number of para-hydroxylation sites is 2. The van der Waals surface area contributed by atoms with Crippen molar-refractivity contribution in [1.82, 2.24) is 0 Å². The minimum absolute atomic E-state index is 0.495. The van der Waals surface area contributed by atoms with E-state index in [2.05, 4.69) is 5.32 Å². The predicted octanol–water partition coefficient (Wildman–Crippen LogP) is 3.32. The van der Waals surface area contributed by atoms with E-state index < -0.39 is 12.0 Å². The smallest absolute Gasteiger partial charge is 0.330 e. The molecule has 0 spiro atoms. The summed E-state index contributed by atoms with van der Waals surface area (Å²) in [6.07, 6.45) is 0. The van der Waals surface area contributed by atoms with Gasteiger partial charge in [0, 0.05) is 11.3 Å². The van der Waals surface area contributed by atoms with Crippen LogP contribution < -0.4 is 10.1 Å². The number of anilines is 1. The number of carboxylic acid groups (broad SMARTS) is 1. The average molecular weight is 271 g/mol. The van der Waals surface area contributed by atoms with Crippen LogP contribution >= 0.6 is 0 Å². The van der Waals surface area contributed by atoms with Crippen molar-refractivity contribution in [3.63, 3.8) is 0 Å². The molecule has 4 heteroatoms. The lowest BCUT2D eigenvalue weighted by Gasteiger charge is -2.19. The average Bonchev–Trinajstić information content (AvgIpc) is 2.47. The third kappa shape index (κ3) is 3.29. The molecule has 0 amide bonds. The van der Waals surface area contributed by atoms with Crippen LogP contribution in [0.1, 0.15) is 18.5 Å². The third-order valence-electron chi connectivity index (χ3n) is 2.86. The van der Waals surface area contributed by atoms with Crippen molar-refractivity contribution >= 4 is 11.7 Å². The molecule has 0 aliphatic heterocycles. The van der Waals surface area contributed by atoms with E-state index in [1.807, 2.05) is 43.3 Å². The van der Waals surface area contributed by atoms with Gasteiger partial charge in [-0.25, -0.2) is 4.79 Å². The maximum atomic E-state index is 11.5. The van der Waals surface area contributed by atoms with Gasteiger partial charge in [-0.1, -0.05) is 36.4 Å². The van der Waals surface area contributed by atoms with Gasteiger partial charge in [-0.2, -0.15) is 0 Å². The number of benzene rings is 2. The summed E-state index contributed by atoms with van der Waals surface area (Å²) in [6.45, 7) is 2.37. The standard InChI is InChI=1S/C16H17NO3/c1-2-20-14-11-7-6-10-13(14)15(16(18)19)17-12-8-4-3-5-9-12/h3-11,15,17H,2H2,1H3,(H,18,19). The van der Waals surface area contributed by atoms with Gasteiger partial charge in [-0.15, -0.1) is 0 Å². The summed E-state index contributed by atoms with van der Waals surface area (Å²) >= 11 is 0. The largest absolute Gasteiger partial charge is 0.493 e. The van der Waals surface area contributed by atoms with Crippen LogP contribution in [0.3, 0.4) is 0 Å². The molecule has 1 atom stereocenters. The fraction of sp³-hybridized carbons (Fsp3) is 0.188. The van der Waals surface area contributed by atoms with Gasteiger partial charge < -0.3 is 15.2 Å². The number of carbonyl (C=O) groups is 1. The van der Waals surface area contributed by atoms with Crippen molar-refractivity contribution in [1.29, 1.82) is 0 Å². The Balaban J connectivity index is 2.32. The van der Waals surface area contributed by atoms with E-state index in [0.717, 1.165) is 5.69 Å². The van der Waals surface area contributed by atoms with Crippen molar-refractivity contribution in [2.75, 3.05) is 11.9 Å². The zero-order chi connectivity index (χ0) is 14.4. The van der Waals surface area contributed by atoms with Crippen LogP contribution in [0.25, 0.3) is 0 Å². The van der Waals surface area contributed by atoms with Gasteiger partial charge in [0.15, 0.2) is 6.04 Å². The van der Waals surface area contributed by atoms with E-state index in [4.69, 9.17) is 4.74 Å². The summed E-state index contributed by atoms with van der Waals surface area (Å²) in [4.78, 5) is 11.5. The van der Waals surface area contributed by atoms with Crippen molar-refractivity contribution in [3.8, 4) is 5.75 Å². The van der Waals surface area contributed by atoms with Gasteiger partial charge in [-0.05, 0) is 25.1 Å². The van der Waals surface area contributed by atoms with Crippen LogP contribution in [0, 0.1) is 0 Å². The number of aliphatic carboxylic acids is 1. The number of hydrogen-bond acceptors (Lipinski definition) is 3. The van der Waals surface area contributed by atoms with Gasteiger partial charge >= 0.3 is 5.97 Å². The van der Waals surface area contributed by atoms with E-state index in [1.54, 1.807) is 18.2 Å². The minimum Gasteiger partial charge on any atom is -0.493 e. The molecule has 0 saturated heterocycles. The first-order valence-electron chi connectivity index (χ1n) is 6.48. The zero-order valence-electron chi connectivity index (χ0n) is 11.2. The molecule has 0 aliphatic rings. The maximum Gasteiger partial charge on any atom is 0.330 e. The quantitative estimate of drug-likeness (QED) is 0.846. The van der Waals surface area contributed by atoms with Crippen LogP contribution in [0.15, 0.2) is 54.6 Å². The zero-order valence-corrected chi connectivity index (χ0v) is 11.2. The highest BCUT2D eigenvalue weighted by atomic mass is 16.5. The lowest BCUT2D eigenvalue weighted by Crippen LogP contribution is -2.21. The molecule has 20 heavy (non-hydrogen) atoms. The Morgan fingerprint density at radius 3 is 2.45 bits per heavy atom. The Kier molecular flexibility index (Phi) is 4.60. The molecule has 104 valence electrons. The first-order chi connectivity index (χ1) is 9.72. The number of carboxylic acids is 1. The Hall–Kier alpha value is -2.49. The molecule has 2 N–H and O–H groups in total. The van der Waals surface area contributed by atoms with Crippen LogP contribution in [0.2, 0.25) is 0 Å². The molecular formula is C16H17NO3. The van der Waals surface area contributed by atoms with Crippen molar-refractivity contribution in [2.45, 2.75) is 13.0 Å². The van der Waals surface area contributed by atoms with E-state index in [1.165, 1.54) is 0 Å². The Morgan fingerprint density at radius 1 is 1.15 bits per heavy atom. The van der Waals surface area contributed by atoms with E-state index >= 15 is 0 Å². The molecule has 2 rings (SSSR count). The second-order valence-electron chi connectivity index (χ2n) is 4.25. The highest BCUT2D eigenvalue weighted by Gasteiger charge is 2.23. The second kappa shape index (κ2) is 6.61. The van der Waals surface area contributed by atoms with E-state index in [9.17, 15) is 9.90 Å². The number of rotatable bonds is 6. The highest BCUT2D eigenvalue weighted by molar-refractivity contribution is 5.80. The summed E-state index contributed by atoms with van der Waals surface area (Å²) in [5.41, 5.74) is 1.37. The lowest BCUT2D eigenvalue weighted by molar-refractivity contribution is -0.138. The minimum atomic E-state index is -0.944. The second-order valence-corrected chi connectivity index (χ2v) is 4.25. The molecule has 0 aliphatic carbocycles. The van der Waals surface area contributed by atoms with Crippen LogP contribution in [0.5, 0.6) is 5.75 Å². The van der Waals surface area contributed by atoms with Gasteiger partial charge in [0.25, 0.3) is 0 Å². The Bertz CT molecular complexity index is 569. The molecule has 4 nitrogen and oxygen atoms in total. The molecule has 2 aromatic carbocycles. The van der Waals surface area contributed by atoms with Crippen molar-refractivity contribution < 1.29 is 14.6 Å². The van der Waals surface area contributed by atoms with Crippen LogP contribution in [-0.2, 0) is 4.79 Å². The van der Waals surface area contributed by atoms with E-state index in [-0.39, 0.29) is 0 Å². The molecule has 0 saturated carbocycles. The third-order valence-corrected chi connectivity index (χ3v) is 2.86. The molecule has 0 aromatic heterocycles. The summed E-state index contributed by atoms with van der Waals surface area (Å²) in [5.74, 6) is -0.355. The molecule has 0 heterocycles. The topological polar surface area (TPSA) is 58.6 Å². The summed E-state index contributed by atoms with van der Waals surface area (Å²) in [6, 6.07) is 15.6. The molecule has 1 unspecified atom stereocenters. The fourth-order valence-electron chi connectivity index (χ4n) is 1.98. The van der Waals surface area contributed by atoms with Crippen LogP contribution in [-0.4, -0.2) is 17.7 Å². The molecule has 0 fully saturated rings. The van der Waals surface area contributed by atoms with Crippen molar-refractivity contribution in [3.05, 3.63) is 60.2 Å². The number of ether oxygens (including phenoxy) is 1. The summed E-state index contributed by atoms with van der Waals surface area (Å²) in [7, 11) is 0. The maximum absolute atomic E-state index is 11.5. The molecule has 0 bridgehead atoms. The number of nitrogens with one attached hydrogen (secondary N) is 1. The van der Waals surface area contributed by atoms with Gasteiger partial charge in [0.1, 0.15) is 5.75 Å². The van der Waals surface area contributed by atoms with Gasteiger partial charge in [-0.3, -0.25) is 0 Å². The Morgan fingerprint density at radius 2 is 1.80 bits per heavy atom. The molecule has 0 radical (unpaired) electrons. The van der Waals surface area contributed by atoms with Crippen molar-refractivity contribution in [2.24, 2.45) is 0 Å². The summed E-state index contributed by atoms with van der Waals surface area (Å²) in [5, 5.41) is 12.5. The van der Waals surface area contributed by atoms with Crippen LogP contribution in [0.4, 0.5) is 5.69 Å².